The van der Waals surface area contributed by atoms with E-state index in [1.165, 1.54) is 9.08 Å². The van der Waals surface area contributed by atoms with Gasteiger partial charge in [0.25, 0.3) is 11.5 Å². The number of amides is 1. The summed E-state index contributed by atoms with van der Waals surface area (Å²) >= 11 is 0. The Bertz CT molecular complexity index is 1040. The Morgan fingerprint density at radius 1 is 1.28 bits per heavy atom. The molecule has 29 heavy (non-hydrogen) atoms. The smallest absolute Gasteiger partial charge is 0.270 e. The lowest BCUT2D eigenvalue weighted by Gasteiger charge is -2.22. The minimum absolute atomic E-state index is 0.0565. The van der Waals surface area contributed by atoms with Gasteiger partial charge in [-0.15, -0.1) is 5.10 Å². The number of nitrogens with two attached hydrogens (primary N) is 1. The number of aromatic nitrogens is 3. The number of anilines is 1. The molecular weight excluding hydrogens is 370 g/mol. The van der Waals surface area contributed by atoms with E-state index in [1.54, 1.807) is 0 Å². The van der Waals surface area contributed by atoms with Crippen molar-refractivity contribution in [1.29, 1.82) is 0 Å². The van der Waals surface area contributed by atoms with Crippen molar-refractivity contribution < 1.29 is 9.90 Å². The SMILES string of the molecule is CC(C)(C)/C=C/c1c(N)nn2c(O)c(C(=O)NC3CC3)c(=O)n(CC(C)(C)C)c12. The number of rotatable bonds is 4. The van der Waals surface area contributed by atoms with Crippen LogP contribution < -0.4 is 16.6 Å². The highest BCUT2D eigenvalue weighted by Crippen LogP contribution is 2.29. The van der Waals surface area contributed by atoms with E-state index < -0.39 is 17.3 Å². The van der Waals surface area contributed by atoms with Crippen LogP contribution >= 0.6 is 0 Å². The lowest BCUT2D eigenvalue weighted by Crippen LogP contribution is -2.37. The molecule has 2 heterocycles. The monoisotopic (exact) mass is 401 g/mol. The van der Waals surface area contributed by atoms with E-state index in [0.29, 0.717) is 17.8 Å². The van der Waals surface area contributed by atoms with Crippen LogP contribution in [0.15, 0.2) is 10.9 Å². The van der Waals surface area contributed by atoms with Gasteiger partial charge in [-0.2, -0.15) is 4.52 Å². The van der Waals surface area contributed by atoms with Gasteiger partial charge in [-0.05, 0) is 23.7 Å². The van der Waals surface area contributed by atoms with Crippen molar-refractivity contribution in [3.63, 3.8) is 0 Å². The highest BCUT2D eigenvalue weighted by molar-refractivity contribution is 5.97. The molecule has 2 aromatic heterocycles. The van der Waals surface area contributed by atoms with E-state index >= 15 is 0 Å². The van der Waals surface area contributed by atoms with Crippen molar-refractivity contribution in [2.75, 3.05) is 5.73 Å². The topological polar surface area (TPSA) is 115 Å². The van der Waals surface area contributed by atoms with Gasteiger partial charge in [0.15, 0.2) is 17.0 Å². The number of fused-ring (bicyclic) bond motifs is 1. The quantitative estimate of drug-likeness (QED) is 0.729. The van der Waals surface area contributed by atoms with Crippen LogP contribution in [0.25, 0.3) is 11.7 Å². The summed E-state index contributed by atoms with van der Waals surface area (Å²) in [7, 11) is 0. The molecule has 1 aliphatic rings. The number of carbonyl (C=O) groups is 1. The molecule has 8 heteroatoms. The summed E-state index contributed by atoms with van der Waals surface area (Å²) in [5.74, 6) is -0.890. The van der Waals surface area contributed by atoms with Gasteiger partial charge in [0.05, 0.1) is 5.56 Å². The molecule has 8 nitrogen and oxygen atoms in total. The molecule has 0 aromatic carbocycles. The Kier molecular flexibility index (Phi) is 5.01. The highest BCUT2D eigenvalue weighted by Gasteiger charge is 2.31. The Morgan fingerprint density at radius 3 is 2.41 bits per heavy atom. The van der Waals surface area contributed by atoms with Crippen LogP contribution in [0, 0.1) is 10.8 Å². The second-order valence-corrected chi connectivity index (χ2v) is 10.1. The maximum absolute atomic E-state index is 13.3. The number of allylic oxidation sites excluding steroid dienone is 1. The lowest BCUT2D eigenvalue weighted by molar-refractivity contribution is 0.0944. The molecule has 158 valence electrons. The molecule has 0 radical (unpaired) electrons. The summed E-state index contributed by atoms with van der Waals surface area (Å²) in [5.41, 5.74) is 5.85. The second kappa shape index (κ2) is 6.93. The van der Waals surface area contributed by atoms with Crippen molar-refractivity contribution in [3.05, 3.63) is 27.6 Å². The third-order valence-corrected chi connectivity index (χ3v) is 4.59. The van der Waals surface area contributed by atoms with E-state index in [9.17, 15) is 14.7 Å². The third-order valence-electron chi connectivity index (χ3n) is 4.59. The summed E-state index contributed by atoms with van der Waals surface area (Å²) in [6.07, 6.45) is 5.54. The summed E-state index contributed by atoms with van der Waals surface area (Å²) in [5, 5.41) is 17.8. The molecular formula is C21H31N5O3. The standard InChI is InChI=1S/C21H31N5O3/c1-20(2,3)10-9-13-15(22)24-26-17(13)25(11-21(4,5)6)18(28)14(19(26)29)16(27)23-12-7-8-12/h9-10,12,29H,7-8,11H2,1-6H3,(H2,22,24)(H,23,27)/b10-9+. The number of hydrogen-bond donors (Lipinski definition) is 3. The predicted octanol–water partition coefficient (Wildman–Crippen LogP) is 2.78. The number of hydrogen-bond acceptors (Lipinski definition) is 5. The number of aromatic hydroxyl groups is 1. The zero-order chi connectivity index (χ0) is 21.7. The molecule has 0 atom stereocenters. The third kappa shape index (κ3) is 4.46. The zero-order valence-electron chi connectivity index (χ0n) is 18.0. The Labute approximate surface area is 170 Å². The van der Waals surface area contributed by atoms with Gasteiger partial charge in [-0.25, -0.2) is 0 Å². The number of nitrogens with zero attached hydrogens (tertiary/aromatic N) is 3. The predicted molar refractivity (Wildman–Crippen MR) is 114 cm³/mol. The molecule has 0 saturated heterocycles. The first-order chi connectivity index (χ1) is 13.3. The van der Waals surface area contributed by atoms with Crippen LogP contribution in [-0.2, 0) is 6.54 Å². The van der Waals surface area contributed by atoms with E-state index in [-0.39, 0.29) is 28.3 Å². The van der Waals surface area contributed by atoms with Crippen LogP contribution in [0.3, 0.4) is 0 Å². The minimum atomic E-state index is -0.583. The average molecular weight is 402 g/mol. The Balaban J connectivity index is 2.31. The molecule has 0 spiro atoms. The molecule has 0 bridgehead atoms. The van der Waals surface area contributed by atoms with Crippen molar-refractivity contribution in [3.8, 4) is 5.88 Å². The van der Waals surface area contributed by atoms with Gasteiger partial charge >= 0.3 is 0 Å². The van der Waals surface area contributed by atoms with Crippen molar-refractivity contribution in [2.24, 2.45) is 10.8 Å². The number of nitrogen functional groups attached to an aromatic ring is 1. The van der Waals surface area contributed by atoms with Gasteiger partial charge in [0.1, 0.15) is 0 Å². The molecule has 1 amide bonds. The molecule has 3 rings (SSSR count). The highest BCUT2D eigenvalue weighted by atomic mass is 16.3. The molecule has 1 saturated carbocycles. The molecule has 1 aliphatic carbocycles. The van der Waals surface area contributed by atoms with Crippen LogP contribution in [0.1, 0.15) is 70.3 Å². The van der Waals surface area contributed by atoms with Gasteiger partial charge in [-0.3, -0.25) is 14.2 Å². The van der Waals surface area contributed by atoms with E-state index in [1.807, 2.05) is 53.7 Å². The Morgan fingerprint density at radius 2 is 1.90 bits per heavy atom. The first kappa shape index (κ1) is 21.0. The van der Waals surface area contributed by atoms with Gasteiger partial charge in [0.2, 0.25) is 5.88 Å². The van der Waals surface area contributed by atoms with Crippen LogP contribution in [0.2, 0.25) is 0 Å². The lowest BCUT2D eigenvalue weighted by atomic mass is 9.95. The molecule has 0 aliphatic heterocycles. The van der Waals surface area contributed by atoms with Gasteiger partial charge < -0.3 is 16.2 Å². The fourth-order valence-corrected chi connectivity index (χ4v) is 3.08. The molecule has 4 N–H and O–H groups in total. The van der Waals surface area contributed by atoms with E-state index in [2.05, 4.69) is 10.4 Å². The van der Waals surface area contributed by atoms with Crippen LogP contribution in [0.4, 0.5) is 5.82 Å². The fourth-order valence-electron chi connectivity index (χ4n) is 3.08. The van der Waals surface area contributed by atoms with Crippen LogP contribution in [-0.4, -0.2) is 31.2 Å². The largest absolute Gasteiger partial charge is 0.492 e. The number of carbonyl (C=O) groups excluding carboxylic acids is 1. The van der Waals surface area contributed by atoms with Crippen molar-refractivity contribution >= 4 is 23.4 Å². The maximum atomic E-state index is 13.3. The van der Waals surface area contributed by atoms with Crippen molar-refractivity contribution in [2.45, 2.75) is 67.0 Å². The van der Waals surface area contributed by atoms with Crippen LogP contribution in [0.5, 0.6) is 5.88 Å². The summed E-state index contributed by atoms with van der Waals surface area (Å²) in [6.45, 7) is 12.5. The summed E-state index contributed by atoms with van der Waals surface area (Å²) in [4.78, 5) is 26.0. The first-order valence-corrected chi connectivity index (χ1v) is 9.92. The molecule has 0 unspecified atom stereocenters. The van der Waals surface area contributed by atoms with E-state index in [4.69, 9.17) is 5.73 Å². The second-order valence-electron chi connectivity index (χ2n) is 10.1. The minimum Gasteiger partial charge on any atom is -0.492 e. The maximum Gasteiger partial charge on any atom is 0.270 e. The Hall–Kier alpha value is -2.77. The summed E-state index contributed by atoms with van der Waals surface area (Å²) < 4.78 is 2.69. The average Bonchev–Trinajstić information content (AvgIpc) is 3.29. The summed E-state index contributed by atoms with van der Waals surface area (Å²) in [6, 6.07) is 0.0565. The van der Waals surface area contributed by atoms with Gasteiger partial charge in [-0.1, -0.05) is 53.7 Å². The number of nitrogens with one attached hydrogen (secondary N) is 1. The first-order valence-electron chi connectivity index (χ1n) is 9.92. The fraction of sp³-hybridized carbons (Fsp3) is 0.571. The zero-order valence-corrected chi connectivity index (χ0v) is 18.0. The molecule has 1 fully saturated rings. The van der Waals surface area contributed by atoms with Crippen molar-refractivity contribution in [1.82, 2.24) is 19.5 Å². The molecule has 2 aromatic rings. The van der Waals surface area contributed by atoms with Gasteiger partial charge in [0, 0.05) is 12.6 Å². The van der Waals surface area contributed by atoms with E-state index in [0.717, 1.165) is 12.8 Å². The normalized spacial score (nSPS) is 15.4.